The van der Waals surface area contributed by atoms with Crippen molar-refractivity contribution in [3.05, 3.63) is 70.0 Å². The van der Waals surface area contributed by atoms with Gasteiger partial charge in [0.05, 0.1) is 13.3 Å². The van der Waals surface area contributed by atoms with E-state index in [1.54, 1.807) is 44.5 Å². The van der Waals surface area contributed by atoms with Crippen LogP contribution in [0.4, 0.5) is 4.39 Å². The minimum Gasteiger partial charge on any atom is -0.493 e. The third kappa shape index (κ3) is 4.15. The number of hydrogen-bond donors (Lipinski definition) is 1. The number of aromatic nitrogens is 3. The lowest BCUT2D eigenvalue weighted by Gasteiger charge is -2.11. The molecule has 0 aliphatic carbocycles. The van der Waals surface area contributed by atoms with Crippen LogP contribution in [-0.2, 0) is 6.61 Å². The molecule has 1 N–H and O–H groups in total. The summed E-state index contributed by atoms with van der Waals surface area (Å²) in [7, 11) is 1.56. The number of halogens is 1. The summed E-state index contributed by atoms with van der Waals surface area (Å²) in [6.07, 6.45) is 1.65. The summed E-state index contributed by atoms with van der Waals surface area (Å²) >= 11 is 5.11. The number of benzene rings is 2. The molecular formula is C18H17FN4O2S. The monoisotopic (exact) mass is 372 g/mol. The summed E-state index contributed by atoms with van der Waals surface area (Å²) in [5.41, 5.74) is 1.55. The van der Waals surface area contributed by atoms with E-state index in [1.165, 1.54) is 16.8 Å². The molecule has 0 saturated carbocycles. The summed E-state index contributed by atoms with van der Waals surface area (Å²) in [4.78, 5) is 0. The smallest absolute Gasteiger partial charge is 0.216 e. The van der Waals surface area contributed by atoms with Gasteiger partial charge in [0.1, 0.15) is 18.2 Å². The lowest BCUT2D eigenvalue weighted by molar-refractivity contribution is 0.284. The Morgan fingerprint density at radius 2 is 2.12 bits per heavy atom. The van der Waals surface area contributed by atoms with E-state index < -0.39 is 0 Å². The van der Waals surface area contributed by atoms with Crippen molar-refractivity contribution >= 4 is 18.4 Å². The number of nitrogens with zero attached hydrogens (tertiary/aromatic N) is 3. The van der Waals surface area contributed by atoms with E-state index in [9.17, 15) is 4.39 Å². The van der Waals surface area contributed by atoms with E-state index in [-0.39, 0.29) is 12.4 Å². The van der Waals surface area contributed by atoms with E-state index >= 15 is 0 Å². The molecule has 3 aromatic rings. The van der Waals surface area contributed by atoms with Crippen molar-refractivity contribution < 1.29 is 13.9 Å². The minimum atomic E-state index is -0.294. The van der Waals surface area contributed by atoms with E-state index in [0.29, 0.717) is 22.1 Å². The zero-order valence-corrected chi connectivity index (χ0v) is 15.1. The van der Waals surface area contributed by atoms with Gasteiger partial charge in [-0.05, 0) is 60.6 Å². The highest BCUT2D eigenvalue weighted by molar-refractivity contribution is 7.71. The van der Waals surface area contributed by atoms with Crippen molar-refractivity contribution in [2.75, 3.05) is 7.11 Å². The van der Waals surface area contributed by atoms with E-state index in [0.717, 1.165) is 11.1 Å². The van der Waals surface area contributed by atoms with Crippen molar-refractivity contribution in [2.45, 2.75) is 13.5 Å². The molecule has 6 nitrogen and oxygen atoms in total. The topological polar surface area (TPSA) is 64.4 Å². The standard InChI is InChI=1S/C18H17FN4O2S/c1-12-21-22-18(26)23(12)20-10-13-6-7-16(17(9-13)24-2)25-11-14-4-3-5-15(19)8-14/h3-10H,11H2,1-2H3,(H,22,26)/b20-10-. The lowest BCUT2D eigenvalue weighted by Crippen LogP contribution is -1.99. The lowest BCUT2D eigenvalue weighted by atomic mass is 10.2. The molecule has 0 radical (unpaired) electrons. The molecule has 1 heterocycles. The van der Waals surface area contributed by atoms with Crippen LogP contribution in [0.1, 0.15) is 17.0 Å². The van der Waals surface area contributed by atoms with E-state index in [1.807, 2.05) is 6.07 Å². The van der Waals surface area contributed by atoms with Crippen molar-refractivity contribution in [3.8, 4) is 11.5 Å². The first-order valence-corrected chi connectivity index (χ1v) is 8.21. The number of rotatable bonds is 6. The first kappa shape index (κ1) is 17.8. The molecule has 26 heavy (non-hydrogen) atoms. The molecule has 3 rings (SSSR count). The third-order valence-corrected chi connectivity index (χ3v) is 3.87. The van der Waals surface area contributed by atoms with Crippen molar-refractivity contribution in [3.63, 3.8) is 0 Å². The molecule has 0 fully saturated rings. The maximum atomic E-state index is 13.2. The van der Waals surface area contributed by atoms with Gasteiger partial charge in [0.15, 0.2) is 11.5 Å². The zero-order chi connectivity index (χ0) is 18.5. The first-order valence-electron chi connectivity index (χ1n) is 7.80. The predicted octanol–water partition coefficient (Wildman–Crippen LogP) is 3.86. The summed E-state index contributed by atoms with van der Waals surface area (Å²) in [6, 6.07) is 11.7. The molecule has 8 heteroatoms. The van der Waals surface area contributed by atoms with Crippen LogP contribution in [0.25, 0.3) is 0 Å². The van der Waals surface area contributed by atoms with Gasteiger partial charge in [0.25, 0.3) is 0 Å². The maximum Gasteiger partial charge on any atom is 0.216 e. The van der Waals surface area contributed by atoms with Crippen molar-refractivity contribution in [1.29, 1.82) is 0 Å². The molecule has 1 aromatic heterocycles. The second-order valence-electron chi connectivity index (χ2n) is 5.46. The highest BCUT2D eigenvalue weighted by atomic mass is 32.1. The first-order chi connectivity index (χ1) is 12.6. The fourth-order valence-electron chi connectivity index (χ4n) is 2.30. The van der Waals surface area contributed by atoms with Gasteiger partial charge in [-0.25, -0.2) is 4.39 Å². The number of methoxy groups -OCH3 is 1. The van der Waals surface area contributed by atoms with Crippen LogP contribution in [0.5, 0.6) is 11.5 Å². The highest BCUT2D eigenvalue weighted by Crippen LogP contribution is 2.28. The fraction of sp³-hybridized carbons (Fsp3) is 0.167. The number of nitrogens with one attached hydrogen (secondary N) is 1. The Labute approximate surface area is 154 Å². The average Bonchev–Trinajstić information content (AvgIpc) is 2.96. The zero-order valence-electron chi connectivity index (χ0n) is 14.3. The van der Waals surface area contributed by atoms with Crippen LogP contribution >= 0.6 is 12.2 Å². The van der Waals surface area contributed by atoms with Crippen LogP contribution < -0.4 is 9.47 Å². The van der Waals surface area contributed by atoms with Crippen LogP contribution in [0.2, 0.25) is 0 Å². The van der Waals surface area contributed by atoms with Crippen molar-refractivity contribution in [2.24, 2.45) is 5.10 Å². The summed E-state index contributed by atoms with van der Waals surface area (Å²) in [5, 5.41) is 11.0. The Morgan fingerprint density at radius 3 is 2.81 bits per heavy atom. The number of aromatic amines is 1. The highest BCUT2D eigenvalue weighted by Gasteiger charge is 2.06. The molecule has 0 unspecified atom stereocenters. The Morgan fingerprint density at radius 1 is 1.27 bits per heavy atom. The summed E-state index contributed by atoms with van der Waals surface area (Å²) in [5.74, 6) is 1.48. The summed E-state index contributed by atoms with van der Waals surface area (Å²) in [6.45, 7) is 2.04. The van der Waals surface area contributed by atoms with Crippen molar-refractivity contribution in [1.82, 2.24) is 14.9 Å². The summed E-state index contributed by atoms with van der Waals surface area (Å²) < 4.78 is 26.3. The minimum absolute atomic E-state index is 0.241. The predicted molar refractivity (Wildman–Crippen MR) is 98.9 cm³/mol. The van der Waals surface area contributed by atoms with Gasteiger partial charge in [0, 0.05) is 0 Å². The van der Waals surface area contributed by atoms with Gasteiger partial charge in [-0.3, -0.25) is 5.10 Å². The quantitative estimate of drug-likeness (QED) is 0.527. The Bertz CT molecular complexity index is 997. The molecule has 0 atom stereocenters. The third-order valence-electron chi connectivity index (χ3n) is 3.61. The van der Waals surface area contributed by atoms with Gasteiger partial charge in [-0.2, -0.15) is 14.9 Å². The number of aryl methyl sites for hydroxylation is 1. The maximum absolute atomic E-state index is 13.2. The second-order valence-corrected chi connectivity index (χ2v) is 5.85. The normalized spacial score (nSPS) is 11.0. The number of hydrogen-bond acceptors (Lipinski definition) is 5. The van der Waals surface area contributed by atoms with Gasteiger partial charge < -0.3 is 9.47 Å². The Hall–Kier alpha value is -3.00. The van der Waals surface area contributed by atoms with Gasteiger partial charge in [-0.1, -0.05) is 12.1 Å². The van der Waals surface area contributed by atoms with Crippen LogP contribution in [0, 0.1) is 17.5 Å². The molecule has 0 bridgehead atoms. The van der Waals surface area contributed by atoms with E-state index in [2.05, 4.69) is 15.3 Å². The molecule has 0 aliphatic heterocycles. The largest absolute Gasteiger partial charge is 0.493 e. The van der Waals surface area contributed by atoms with Crippen LogP contribution in [-0.4, -0.2) is 28.2 Å². The average molecular weight is 372 g/mol. The molecule has 0 amide bonds. The molecule has 0 aliphatic rings. The van der Waals surface area contributed by atoms with Gasteiger partial charge in [0.2, 0.25) is 4.77 Å². The van der Waals surface area contributed by atoms with Crippen LogP contribution in [0.3, 0.4) is 0 Å². The van der Waals surface area contributed by atoms with E-state index in [4.69, 9.17) is 21.7 Å². The Balaban J connectivity index is 1.76. The molecule has 134 valence electrons. The second kappa shape index (κ2) is 7.92. The number of ether oxygens (including phenoxy) is 2. The van der Waals surface area contributed by atoms with Gasteiger partial charge in [-0.15, -0.1) is 0 Å². The molecule has 2 aromatic carbocycles. The Kier molecular flexibility index (Phi) is 5.43. The molecule has 0 spiro atoms. The fourth-order valence-corrected chi connectivity index (χ4v) is 2.53. The van der Waals surface area contributed by atoms with Crippen LogP contribution in [0.15, 0.2) is 47.6 Å². The molecular weight excluding hydrogens is 355 g/mol. The SMILES string of the molecule is COc1cc(/C=N\n2c(C)n[nH]c2=S)ccc1OCc1cccc(F)c1. The number of H-pyrrole nitrogens is 1. The van der Waals surface area contributed by atoms with Gasteiger partial charge >= 0.3 is 0 Å². The molecule has 0 saturated heterocycles.